The van der Waals surface area contributed by atoms with Crippen LogP contribution in [0.25, 0.3) is 0 Å². The van der Waals surface area contributed by atoms with Crippen molar-refractivity contribution in [3.05, 3.63) is 30.1 Å². The molecule has 0 aliphatic carbocycles. The molecule has 0 saturated carbocycles. The predicted octanol–water partition coefficient (Wildman–Crippen LogP) is 0.367. The molecule has 0 aromatic carbocycles. The number of carboxylic acid groups (broad SMARTS) is 1. The van der Waals surface area contributed by atoms with Gasteiger partial charge in [0.25, 0.3) is 0 Å². The van der Waals surface area contributed by atoms with Crippen molar-refractivity contribution >= 4 is 5.97 Å². The molecule has 1 N–H and O–H groups in total. The van der Waals surface area contributed by atoms with Crippen molar-refractivity contribution in [2.45, 2.75) is 12.6 Å². The molecule has 5 heteroatoms. The number of hydrogen-bond acceptors (Lipinski definition) is 4. The third kappa shape index (κ3) is 2.56. The van der Waals surface area contributed by atoms with Crippen LogP contribution in [0.15, 0.2) is 24.5 Å². The van der Waals surface area contributed by atoms with Gasteiger partial charge < -0.3 is 9.84 Å². The molecule has 2 rings (SSSR count). The highest BCUT2D eigenvalue weighted by molar-refractivity contribution is 5.73. The van der Waals surface area contributed by atoms with Gasteiger partial charge in [-0.15, -0.1) is 0 Å². The van der Waals surface area contributed by atoms with Gasteiger partial charge in [0, 0.05) is 25.5 Å². The Morgan fingerprint density at radius 3 is 3.00 bits per heavy atom. The fourth-order valence-electron chi connectivity index (χ4n) is 1.78. The first-order chi connectivity index (χ1) is 7.77. The van der Waals surface area contributed by atoms with Crippen LogP contribution in [0, 0.1) is 0 Å². The lowest BCUT2D eigenvalue weighted by Gasteiger charge is -2.32. The fraction of sp³-hybridized carbons (Fsp3) is 0.455. The van der Waals surface area contributed by atoms with E-state index in [0.29, 0.717) is 19.7 Å². The van der Waals surface area contributed by atoms with Crippen molar-refractivity contribution in [2.24, 2.45) is 0 Å². The summed E-state index contributed by atoms with van der Waals surface area (Å²) >= 11 is 0. The largest absolute Gasteiger partial charge is 0.480 e. The van der Waals surface area contributed by atoms with Crippen LogP contribution in [-0.2, 0) is 16.1 Å². The van der Waals surface area contributed by atoms with Crippen LogP contribution < -0.4 is 0 Å². The lowest BCUT2D eigenvalue weighted by atomic mass is 10.2. The number of aromatic nitrogens is 1. The number of carboxylic acids is 1. The first-order valence-electron chi connectivity index (χ1n) is 5.21. The number of carbonyl (C=O) groups is 1. The Morgan fingerprint density at radius 1 is 1.56 bits per heavy atom. The minimum absolute atomic E-state index is 0.264. The Kier molecular flexibility index (Phi) is 3.48. The lowest BCUT2D eigenvalue weighted by Crippen LogP contribution is -2.49. The number of morpholine rings is 1. The molecule has 0 radical (unpaired) electrons. The average molecular weight is 222 g/mol. The summed E-state index contributed by atoms with van der Waals surface area (Å²) in [6.07, 6.45) is 3.43. The number of aliphatic carboxylic acids is 1. The highest BCUT2D eigenvalue weighted by atomic mass is 16.5. The van der Waals surface area contributed by atoms with Gasteiger partial charge >= 0.3 is 5.97 Å². The lowest BCUT2D eigenvalue weighted by molar-refractivity contribution is -0.150. The number of rotatable bonds is 3. The highest BCUT2D eigenvalue weighted by Gasteiger charge is 2.28. The molecule has 1 fully saturated rings. The summed E-state index contributed by atoms with van der Waals surface area (Å²) in [4.78, 5) is 16.9. The summed E-state index contributed by atoms with van der Waals surface area (Å²) in [7, 11) is 0. The zero-order chi connectivity index (χ0) is 11.4. The van der Waals surface area contributed by atoms with Crippen LogP contribution in [0.4, 0.5) is 0 Å². The summed E-state index contributed by atoms with van der Waals surface area (Å²) < 4.78 is 5.18. The molecule has 1 saturated heterocycles. The molecule has 1 aromatic heterocycles. The van der Waals surface area contributed by atoms with Crippen LogP contribution in [0.1, 0.15) is 5.56 Å². The van der Waals surface area contributed by atoms with E-state index in [1.165, 1.54) is 0 Å². The third-order valence-electron chi connectivity index (χ3n) is 2.66. The van der Waals surface area contributed by atoms with Gasteiger partial charge in [0.1, 0.15) is 6.04 Å². The van der Waals surface area contributed by atoms with Crippen molar-refractivity contribution < 1.29 is 14.6 Å². The van der Waals surface area contributed by atoms with Gasteiger partial charge in [0.15, 0.2) is 0 Å². The summed E-state index contributed by atoms with van der Waals surface area (Å²) in [6.45, 7) is 2.14. The van der Waals surface area contributed by atoms with E-state index in [-0.39, 0.29) is 6.61 Å². The van der Waals surface area contributed by atoms with E-state index in [4.69, 9.17) is 9.84 Å². The van der Waals surface area contributed by atoms with Crippen molar-refractivity contribution in [1.29, 1.82) is 0 Å². The molecule has 5 nitrogen and oxygen atoms in total. The minimum atomic E-state index is -0.825. The first kappa shape index (κ1) is 11.0. The molecular weight excluding hydrogens is 208 g/mol. The molecule has 1 aliphatic rings. The molecule has 86 valence electrons. The van der Waals surface area contributed by atoms with E-state index >= 15 is 0 Å². The van der Waals surface area contributed by atoms with E-state index < -0.39 is 12.0 Å². The van der Waals surface area contributed by atoms with E-state index in [0.717, 1.165) is 5.56 Å². The quantitative estimate of drug-likeness (QED) is 0.800. The van der Waals surface area contributed by atoms with Gasteiger partial charge in [-0.1, -0.05) is 0 Å². The van der Waals surface area contributed by atoms with Crippen LogP contribution in [0.2, 0.25) is 0 Å². The van der Waals surface area contributed by atoms with Crippen molar-refractivity contribution in [3.8, 4) is 0 Å². The number of nitrogens with zero attached hydrogens (tertiary/aromatic N) is 2. The Balaban J connectivity index is 2.04. The number of ether oxygens (including phenoxy) is 1. The second-order valence-electron chi connectivity index (χ2n) is 3.75. The van der Waals surface area contributed by atoms with Gasteiger partial charge in [-0.2, -0.15) is 0 Å². The second-order valence-corrected chi connectivity index (χ2v) is 3.75. The summed E-state index contributed by atoms with van der Waals surface area (Å²) in [5, 5.41) is 9.05. The van der Waals surface area contributed by atoms with Gasteiger partial charge in [0.2, 0.25) is 0 Å². The van der Waals surface area contributed by atoms with Crippen LogP contribution in [0.3, 0.4) is 0 Å². The maximum atomic E-state index is 11.0. The fourth-order valence-corrected chi connectivity index (χ4v) is 1.78. The highest BCUT2D eigenvalue weighted by Crippen LogP contribution is 2.11. The van der Waals surface area contributed by atoms with E-state index in [1.54, 1.807) is 12.4 Å². The van der Waals surface area contributed by atoms with Crippen molar-refractivity contribution in [1.82, 2.24) is 9.88 Å². The van der Waals surface area contributed by atoms with Gasteiger partial charge in [0.05, 0.1) is 13.2 Å². The van der Waals surface area contributed by atoms with Crippen LogP contribution in [0.5, 0.6) is 0 Å². The molecule has 0 amide bonds. The minimum Gasteiger partial charge on any atom is -0.480 e. The van der Waals surface area contributed by atoms with E-state index in [9.17, 15) is 4.79 Å². The molecule has 0 bridgehead atoms. The zero-order valence-electron chi connectivity index (χ0n) is 8.87. The Bertz CT molecular complexity index is 356. The molecular formula is C11H14N2O3. The van der Waals surface area contributed by atoms with Gasteiger partial charge in [-0.3, -0.25) is 14.7 Å². The molecule has 1 aliphatic heterocycles. The Morgan fingerprint density at radius 2 is 2.31 bits per heavy atom. The zero-order valence-corrected chi connectivity index (χ0v) is 8.87. The first-order valence-corrected chi connectivity index (χ1v) is 5.21. The van der Waals surface area contributed by atoms with Gasteiger partial charge in [-0.05, 0) is 17.7 Å². The van der Waals surface area contributed by atoms with E-state index in [1.807, 2.05) is 17.0 Å². The maximum absolute atomic E-state index is 11.0. The number of hydrogen-bond donors (Lipinski definition) is 1. The standard InChI is InChI=1S/C11H14N2O3/c14-11(15)10-8-16-6-5-13(10)7-9-1-3-12-4-2-9/h1-4,10H,5-8H2,(H,14,15). The number of pyridine rings is 1. The molecule has 1 atom stereocenters. The third-order valence-corrected chi connectivity index (χ3v) is 2.66. The predicted molar refractivity (Wildman–Crippen MR) is 56.9 cm³/mol. The molecule has 2 heterocycles. The summed E-state index contributed by atoms with van der Waals surface area (Å²) in [5.41, 5.74) is 1.07. The molecule has 1 aromatic rings. The maximum Gasteiger partial charge on any atom is 0.323 e. The summed E-state index contributed by atoms with van der Waals surface area (Å²) in [6, 6.07) is 3.25. The molecule has 0 spiro atoms. The van der Waals surface area contributed by atoms with Crippen LogP contribution >= 0.6 is 0 Å². The average Bonchev–Trinajstić information content (AvgIpc) is 2.31. The molecule has 1 unspecified atom stereocenters. The Labute approximate surface area is 93.7 Å². The topological polar surface area (TPSA) is 62.7 Å². The SMILES string of the molecule is O=C(O)C1COCCN1Cc1ccncc1. The summed E-state index contributed by atoms with van der Waals surface area (Å²) in [5.74, 6) is -0.825. The monoisotopic (exact) mass is 222 g/mol. The van der Waals surface area contributed by atoms with Crippen molar-refractivity contribution in [3.63, 3.8) is 0 Å². The Hall–Kier alpha value is -1.46. The van der Waals surface area contributed by atoms with Gasteiger partial charge in [-0.25, -0.2) is 0 Å². The van der Waals surface area contributed by atoms with E-state index in [2.05, 4.69) is 4.98 Å². The van der Waals surface area contributed by atoms with Crippen molar-refractivity contribution in [2.75, 3.05) is 19.8 Å². The molecule has 16 heavy (non-hydrogen) atoms. The second kappa shape index (κ2) is 5.05. The smallest absolute Gasteiger partial charge is 0.323 e. The van der Waals surface area contributed by atoms with Crippen LogP contribution in [-0.4, -0.2) is 46.8 Å². The normalized spacial score (nSPS) is 21.9.